The van der Waals surface area contributed by atoms with Crippen LogP contribution in [0.1, 0.15) is 27.9 Å². The van der Waals surface area contributed by atoms with Gasteiger partial charge in [0.05, 0.1) is 13.0 Å². The molecule has 10 heteroatoms. The van der Waals surface area contributed by atoms with Gasteiger partial charge in [0, 0.05) is 29.7 Å². The molecule has 0 saturated carbocycles. The lowest BCUT2D eigenvalue weighted by atomic mass is 9.69. The van der Waals surface area contributed by atoms with E-state index in [-0.39, 0.29) is 16.7 Å². The number of carbonyl (C=O) groups is 4. The molecule has 2 aromatic rings. The molecule has 2 heterocycles. The molecule has 4 amide bonds. The first kappa shape index (κ1) is 21.1. The van der Waals surface area contributed by atoms with E-state index in [1.54, 1.807) is 6.07 Å². The number of imide groups is 1. The number of likely N-dealkylation sites (N-methyl/N-ethyl adjacent to an activating group) is 1. The summed E-state index contributed by atoms with van der Waals surface area (Å²) < 4.78 is 29.0. The molecule has 0 aromatic heterocycles. The van der Waals surface area contributed by atoms with E-state index < -0.39 is 53.6 Å². The molecule has 2 aromatic carbocycles. The molecule has 2 aliphatic heterocycles. The van der Waals surface area contributed by atoms with Crippen molar-refractivity contribution in [1.82, 2.24) is 14.9 Å². The maximum atomic E-state index is 14.4. The van der Waals surface area contributed by atoms with Crippen molar-refractivity contribution in [3.05, 3.63) is 69.2 Å². The van der Waals surface area contributed by atoms with E-state index in [4.69, 9.17) is 0 Å². The van der Waals surface area contributed by atoms with Crippen LogP contribution in [0.15, 0.2) is 40.9 Å². The molecule has 160 valence electrons. The molecule has 31 heavy (non-hydrogen) atoms. The van der Waals surface area contributed by atoms with E-state index >= 15 is 0 Å². The summed E-state index contributed by atoms with van der Waals surface area (Å²) in [6.45, 7) is -0.448. The summed E-state index contributed by atoms with van der Waals surface area (Å²) in [6, 6.07) is 7.28. The van der Waals surface area contributed by atoms with Crippen molar-refractivity contribution >= 4 is 39.6 Å². The Morgan fingerprint density at radius 2 is 1.68 bits per heavy atom. The van der Waals surface area contributed by atoms with Crippen LogP contribution >= 0.6 is 15.9 Å². The van der Waals surface area contributed by atoms with Gasteiger partial charge in [0.25, 0.3) is 17.7 Å². The Bertz CT molecular complexity index is 1170. The zero-order valence-corrected chi connectivity index (χ0v) is 18.1. The smallest absolute Gasteiger partial charge is 0.261 e. The van der Waals surface area contributed by atoms with E-state index in [0.29, 0.717) is 4.47 Å². The number of fused-ring (bicyclic) bond motifs is 2. The van der Waals surface area contributed by atoms with Crippen molar-refractivity contribution < 1.29 is 28.0 Å². The Hall–Kier alpha value is -3.14. The third-order valence-corrected chi connectivity index (χ3v) is 6.25. The predicted molar refractivity (Wildman–Crippen MR) is 107 cm³/mol. The van der Waals surface area contributed by atoms with E-state index in [0.717, 1.165) is 27.1 Å². The fourth-order valence-corrected chi connectivity index (χ4v) is 4.31. The quantitative estimate of drug-likeness (QED) is 0.477. The number of hydrogen-bond acceptors (Lipinski definition) is 4. The SMILES string of the molecule is CN1C(=O)CC2(C(=O)N(Cc3ccc(Br)cc3F)C(=O)c3ccc(F)cc32)C(=O)N1C. The molecule has 1 saturated heterocycles. The minimum Gasteiger partial charge on any atom is -0.273 e. The zero-order valence-electron chi connectivity index (χ0n) is 16.5. The van der Waals surface area contributed by atoms with Gasteiger partial charge in [0.1, 0.15) is 11.6 Å². The number of nitrogens with zero attached hydrogens (tertiary/aromatic N) is 3. The molecule has 4 rings (SSSR count). The summed E-state index contributed by atoms with van der Waals surface area (Å²) in [5.41, 5.74) is -2.31. The van der Waals surface area contributed by atoms with Crippen molar-refractivity contribution in [3.8, 4) is 0 Å². The van der Waals surface area contributed by atoms with Gasteiger partial charge in [-0.1, -0.05) is 22.0 Å². The third kappa shape index (κ3) is 3.04. The van der Waals surface area contributed by atoms with Crippen LogP contribution in [0, 0.1) is 11.6 Å². The predicted octanol–water partition coefficient (Wildman–Crippen LogP) is 2.38. The van der Waals surface area contributed by atoms with Crippen LogP contribution in [0.25, 0.3) is 0 Å². The lowest BCUT2D eigenvalue weighted by Gasteiger charge is -2.47. The topological polar surface area (TPSA) is 78.0 Å². The minimum atomic E-state index is -2.12. The minimum absolute atomic E-state index is 0.0469. The van der Waals surface area contributed by atoms with Gasteiger partial charge in [0.2, 0.25) is 5.91 Å². The molecule has 1 fully saturated rings. The van der Waals surface area contributed by atoms with Gasteiger partial charge in [-0.2, -0.15) is 0 Å². The van der Waals surface area contributed by atoms with E-state index in [1.165, 1.54) is 32.3 Å². The molecule has 0 N–H and O–H groups in total. The molecule has 7 nitrogen and oxygen atoms in total. The summed E-state index contributed by atoms with van der Waals surface area (Å²) >= 11 is 3.14. The van der Waals surface area contributed by atoms with E-state index in [2.05, 4.69) is 15.9 Å². The third-order valence-electron chi connectivity index (χ3n) is 5.76. The van der Waals surface area contributed by atoms with Crippen LogP contribution in [-0.2, 0) is 26.3 Å². The van der Waals surface area contributed by atoms with Crippen molar-refractivity contribution in [2.24, 2.45) is 0 Å². The number of hydrogen-bond donors (Lipinski definition) is 0. The first-order chi connectivity index (χ1) is 14.6. The average molecular weight is 492 g/mol. The molecule has 0 bridgehead atoms. The van der Waals surface area contributed by atoms with Crippen molar-refractivity contribution in [2.45, 2.75) is 18.4 Å². The van der Waals surface area contributed by atoms with Gasteiger partial charge in [-0.25, -0.2) is 8.78 Å². The Labute approximate surface area is 184 Å². The van der Waals surface area contributed by atoms with Gasteiger partial charge < -0.3 is 0 Å². The van der Waals surface area contributed by atoms with Gasteiger partial charge in [-0.15, -0.1) is 0 Å². The van der Waals surface area contributed by atoms with Gasteiger partial charge in [0.15, 0.2) is 5.41 Å². The maximum absolute atomic E-state index is 14.4. The van der Waals surface area contributed by atoms with Crippen molar-refractivity contribution in [3.63, 3.8) is 0 Å². The fourth-order valence-electron chi connectivity index (χ4n) is 3.98. The fraction of sp³-hybridized carbons (Fsp3) is 0.238. The summed E-state index contributed by atoms with van der Waals surface area (Å²) in [4.78, 5) is 53.4. The van der Waals surface area contributed by atoms with E-state index in [9.17, 15) is 28.0 Å². The van der Waals surface area contributed by atoms with Crippen LogP contribution in [0.2, 0.25) is 0 Å². The highest BCUT2D eigenvalue weighted by molar-refractivity contribution is 9.10. The standard InChI is InChI=1S/C21H16BrF2N3O4/c1-25-17(28)9-21(19(30)26(25)2)15-8-13(23)5-6-14(15)18(29)27(20(21)31)10-11-3-4-12(22)7-16(11)24/h3-8H,9-10H2,1-2H3. The van der Waals surface area contributed by atoms with Gasteiger partial charge >= 0.3 is 0 Å². The number of hydrazine groups is 1. The largest absolute Gasteiger partial charge is 0.273 e. The first-order valence-corrected chi connectivity index (χ1v) is 10.0. The molecule has 1 spiro atoms. The number of amides is 4. The zero-order chi connectivity index (χ0) is 22.7. The number of carbonyl (C=O) groups excluding carboxylic acids is 4. The second-order valence-corrected chi connectivity index (χ2v) is 8.37. The highest BCUT2D eigenvalue weighted by Crippen LogP contribution is 2.43. The Morgan fingerprint density at radius 1 is 0.968 bits per heavy atom. The first-order valence-electron chi connectivity index (χ1n) is 9.23. The second kappa shape index (κ2) is 7.23. The van der Waals surface area contributed by atoms with E-state index in [1.807, 2.05) is 0 Å². The van der Waals surface area contributed by atoms with Crippen LogP contribution in [0.3, 0.4) is 0 Å². The van der Waals surface area contributed by atoms with Gasteiger partial charge in [-0.05, 0) is 35.9 Å². The highest BCUT2D eigenvalue weighted by Gasteiger charge is 2.61. The Kier molecular flexibility index (Phi) is 4.92. The van der Waals surface area contributed by atoms with Crippen LogP contribution in [0.5, 0.6) is 0 Å². The van der Waals surface area contributed by atoms with Gasteiger partial charge in [-0.3, -0.25) is 34.1 Å². The molecule has 1 atom stereocenters. The summed E-state index contributed by atoms with van der Waals surface area (Å²) in [5, 5.41) is 2.02. The van der Waals surface area contributed by atoms with Crippen LogP contribution in [-0.4, -0.2) is 52.6 Å². The number of benzene rings is 2. The van der Waals surface area contributed by atoms with Crippen molar-refractivity contribution in [2.75, 3.05) is 14.1 Å². The molecule has 1 unspecified atom stereocenters. The molecule has 2 aliphatic rings. The highest BCUT2D eigenvalue weighted by atomic mass is 79.9. The summed E-state index contributed by atoms with van der Waals surface area (Å²) in [7, 11) is 2.68. The van der Waals surface area contributed by atoms with Crippen molar-refractivity contribution in [1.29, 1.82) is 0 Å². The lowest BCUT2D eigenvalue weighted by molar-refractivity contribution is -0.176. The number of rotatable bonds is 2. The molecule has 0 aliphatic carbocycles. The van der Waals surface area contributed by atoms with Crippen LogP contribution < -0.4 is 0 Å². The Balaban J connectivity index is 1.91. The average Bonchev–Trinajstić information content (AvgIpc) is 2.72. The molecule has 0 radical (unpaired) electrons. The second-order valence-electron chi connectivity index (χ2n) is 7.45. The van der Waals surface area contributed by atoms with Crippen LogP contribution in [0.4, 0.5) is 8.78 Å². The summed E-state index contributed by atoms with van der Waals surface area (Å²) in [5.74, 6) is -4.54. The Morgan fingerprint density at radius 3 is 2.35 bits per heavy atom. The number of halogens is 3. The molecular weight excluding hydrogens is 476 g/mol. The normalized spacial score (nSPS) is 21.3. The maximum Gasteiger partial charge on any atom is 0.261 e. The lowest BCUT2D eigenvalue weighted by Crippen LogP contribution is -2.67. The monoisotopic (exact) mass is 491 g/mol. The molecular formula is C21H16BrF2N3O4. The summed E-state index contributed by atoms with van der Waals surface area (Å²) in [6.07, 6.45) is -0.575.